The van der Waals surface area contributed by atoms with E-state index in [0.717, 1.165) is 43.5 Å². The first kappa shape index (κ1) is 24.7. The number of rotatable bonds is 7. The van der Waals surface area contributed by atoms with Crippen molar-refractivity contribution in [3.05, 3.63) is 59.7 Å². The summed E-state index contributed by atoms with van der Waals surface area (Å²) in [6.07, 6.45) is -3.21. The predicted octanol–water partition coefficient (Wildman–Crippen LogP) is 8.02. The van der Waals surface area contributed by atoms with Gasteiger partial charge in [0.05, 0.1) is 34.6 Å². The molecule has 1 heterocycles. The molecule has 0 amide bonds. The lowest BCUT2D eigenvalue weighted by molar-refractivity contribution is -0.138. The first-order valence-electron chi connectivity index (χ1n) is 10.7. The Morgan fingerprint density at radius 3 is 2.00 bits per heavy atom. The van der Waals surface area contributed by atoms with Crippen molar-refractivity contribution in [1.29, 1.82) is 0 Å². The second kappa shape index (κ2) is 10.4. The summed E-state index contributed by atoms with van der Waals surface area (Å²) in [4.78, 5) is 0. The predicted molar refractivity (Wildman–Crippen MR) is 115 cm³/mol. The molecule has 0 saturated carbocycles. The number of benzene rings is 2. The minimum absolute atomic E-state index is 0.239. The minimum atomic E-state index is -4.43. The molecular formula is C23H24F6N4. The molecule has 0 aromatic heterocycles. The number of alkyl halides is 6. The van der Waals surface area contributed by atoms with E-state index in [0.29, 0.717) is 24.2 Å². The van der Waals surface area contributed by atoms with Crippen LogP contribution in [0.2, 0.25) is 0 Å². The molecule has 1 aliphatic heterocycles. The average Bonchev–Trinajstić information content (AvgIpc) is 2.77. The normalized spacial score (nSPS) is 19.4. The number of hydrazone groups is 1. The van der Waals surface area contributed by atoms with Gasteiger partial charge in [-0.1, -0.05) is 26.2 Å². The second-order valence-corrected chi connectivity index (χ2v) is 7.81. The molecule has 3 rings (SSSR count). The Bertz CT molecular complexity index is 949. The van der Waals surface area contributed by atoms with Gasteiger partial charge in [-0.2, -0.15) is 41.7 Å². The van der Waals surface area contributed by atoms with Crippen LogP contribution in [-0.2, 0) is 12.4 Å². The smallest absolute Gasteiger partial charge is 0.261 e. The van der Waals surface area contributed by atoms with E-state index in [-0.39, 0.29) is 12.1 Å². The Hall–Kier alpha value is -2.91. The lowest BCUT2D eigenvalue weighted by atomic mass is 9.97. The topological polar surface area (TPSA) is 40.3 Å². The molecule has 178 valence electrons. The molecule has 2 aromatic carbocycles. The van der Waals surface area contributed by atoms with Crippen LogP contribution >= 0.6 is 0 Å². The number of azo groups is 1. The Labute approximate surface area is 188 Å². The first-order valence-corrected chi connectivity index (χ1v) is 10.7. The van der Waals surface area contributed by atoms with Crippen molar-refractivity contribution in [3.8, 4) is 0 Å². The van der Waals surface area contributed by atoms with E-state index in [1.165, 1.54) is 24.3 Å². The van der Waals surface area contributed by atoms with Crippen LogP contribution in [0.1, 0.15) is 50.2 Å². The maximum atomic E-state index is 12.9. The highest BCUT2D eigenvalue weighted by atomic mass is 19.4. The summed E-state index contributed by atoms with van der Waals surface area (Å²) in [5.41, 5.74) is -0.709. The van der Waals surface area contributed by atoms with Gasteiger partial charge in [-0.05, 0) is 55.0 Å². The number of hydrogen-bond donors (Lipinski definition) is 0. The van der Waals surface area contributed by atoms with Crippen LogP contribution in [-0.4, -0.2) is 18.3 Å². The maximum absolute atomic E-state index is 12.9. The van der Waals surface area contributed by atoms with Gasteiger partial charge in [0.15, 0.2) is 0 Å². The molecule has 2 unspecified atom stereocenters. The van der Waals surface area contributed by atoms with Crippen LogP contribution in [0.15, 0.2) is 63.9 Å². The molecule has 0 bridgehead atoms. The molecule has 0 spiro atoms. The Morgan fingerprint density at radius 1 is 0.879 bits per heavy atom. The molecule has 0 aliphatic carbocycles. The number of hydrogen-bond acceptors (Lipinski definition) is 4. The molecule has 0 fully saturated rings. The van der Waals surface area contributed by atoms with E-state index in [1.54, 1.807) is 11.2 Å². The van der Waals surface area contributed by atoms with Crippen LogP contribution in [0.25, 0.3) is 0 Å². The fraction of sp³-hybridized carbons (Fsp3) is 0.435. The van der Waals surface area contributed by atoms with Crippen molar-refractivity contribution in [2.75, 3.05) is 5.01 Å². The summed E-state index contributed by atoms with van der Waals surface area (Å²) >= 11 is 0. The lowest BCUT2D eigenvalue weighted by Crippen LogP contribution is -2.43. The molecule has 4 nitrogen and oxygen atoms in total. The summed E-state index contributed by atoms with van der Waals surface area (Å²) < 4.78 is 77.0. The van der Waals surface area contributed by atoms with Crippen LogP contribution in [0.4, 0.5) is 37.7 Å². The van der Waals surface area contributed by atoms with E-state index in [4.69, 9.17) is 0 Å². The Balaban J connectivity index is 1.81. The van der Waals surface area contributed by atoms with Gasteiger partial charge in [0, 0.05) is 12.6 Å². The van der Waals surface area contributed by atoms with Gasteiger partial charge in [0.25, 0.3) is 0 Å². The monoisotopic (exact) mass is 470 g/mol. The van der Waals surface area contributed by atoms with Gasteiger partial charge in [0.2, 0.25) is 0 Å². The molecule has 10 heteroatoms. The van der Waals surface area contributed by atoms with Gasteiger partial charge in [-0.15, -0.1) is 0 Å². The molecular weight excluding hydrogens is 446 g/mol. The van der Waals surface area contributed by atoms with Crippen LogP contribution < -0.4 is 5.01 Å². The van der Waals surface area contributed by atoms with Gasteiger partial charge < -0.3 is 0 Å². The van der Waals surface area contributed by atoms with E-state index < -0.39 is 23.5 Å². The molecule has 0 saturated heterocycles. The minimum Gasteiger partial charge on any atom is -0.261 e. The summed E-state index contributed by atoms with van der Waals surface area (Å²) in [5, 5.41) is 14.6. The highest BCUT2D eigenvalue weighted by Crippen LogP contribution is 2.34. The summed E-state index contributed by atoms with van der Waals surface area (Å²) in [6.45, 7) is 2.06. The van der Waals surface area contributed by atoms with Crippen molar-refractivity contribution < 1.29 is 26.3 Å². The third-order valence-corrected chi connectivity index (χ3v) is 5.39. The summed E-state index contributed by atoms with van der Waals surface area (Å²) in [5.74, 6) is 0. The first-order chi connectivity index (χ1) is 15.6. The Morgan fingerprint density at radius 2 is 1.45 bits per heavy atom. The van der Waals surface area contributed by atoms with E-state index in [1.807, 2.05) is 0 Å². The van der Waals surface area contributed by atoms with Crippen LogP contribution in [0.5, 0.6) is 0 Å². The zero-order valence-corrected chi connectivity index (χ0v) is 17.9. The van der Waals surface area contributed by atoms with E-state index in [2.05, 4.69) is 22.3 Å². The maximum Gasteiger partial charge on any atom is 0.416 e. The zero-order chi connectivity index (χ0) is 24.1. The van der Waals surface area contributed by atoms with Gasteiger partial charge in [0.1, 0.15) is 0 Å². The standard InChI is InChI=1S/C23H24F6N4/c1-2-3-4-5-21-20(32-31-18-10-6-16(7-11-18)22(24,25)26)14-15-30-33(21)19-12-8-17(9-13-19)23(27,28)29/h6-13,15,20-21H,2-5,14H2,1H3. The molecule has 1 aliphatic rings. The van der Waals surface area contributed by atoms with Gasteiger partial charge >= 0.3 is 12.4 Å². The van der Waals surface area contributed by atoms with Gasteiger partial charge in [-0.25, -0.2) is 0 Å². The fourth-order valence-electron chi connectivity index (χ4n) is 3.61. The summed E-state index contributed by atoms with van der Waals surface area (Å²) in [6, 6.07) is 8.60. The highest BCUT2D eigenvalue weighted by Gasteiger charge is 2.33. The third-order valence-electron chi connectivity index (χ3n) is 5.39. The van der Waals surface area contributed by atoms with Crippen molar-refractivity contribution >= 4 is 17.6 Å². The summed E-state index contributed by atoms with van der Waals surface area (Å²) in [7, 11) is 0. The number of unbranched alkanes of at least 4 members (excludes halogenated alkanes) is 2. The molecule has 0 N–H and O–H groups in total. The molecule has 2 aromatic rings. The quantitative estimate of drug-likeness (QED) is 0.229. The van der Waals surface area contributed by atoms with Crippen LogP contribution in [0.3, 0.4) is 0 Å². The van der Waals surface area contributed by atoms with E-state index >= 15 is 0 Å². The highest BCUT2D eigenvalue weighted by molar-refractivity contribution is 5.64. The molecule has 2 atom stereocenters. The zero-order valence-electron chi connectivity index (χ0n) is 17.9. The van der Waals surface area contributed by atoms with Crippen molar-refractivity contribution in [2.24, 2.45) is 15.3 Å². The van der Waals surface area contributed by atoms with Crippen molar-refractivity contribution in [3.63, 3.8) is 0 Å². The van der Waals surface area contributed by atoms with E-state index in [9.17, 15) is 26.3 Å². The fourth-order valence-corrected chi connectivity index (χ4v) is 3.61. The number of halogens is 6. The third kappa shape index (κ3) is 6.55. The van der Waals surface area contributed by atoms with Crippen molar-refractivity contribution in [1.82, 2.24) is 0 Å². The van der Waals surface area contributed by atoms with Crippen molar-refractivity contribution in [2.45, 2.75) is 63.5 Å². The molecule has 0 radical (unpaired) electrons. The SMILES string of the molecule is CCCCCC1C(N=Nc2ccc(C(F)(F)F)cc2)CC=NN1c1ccc(C(F)(F)F)cc1. The lowest BCUT2D eigenvalue weighted by Gasteiger charge is -2.35. The second-order valence-electron chi connectivity index (χ2n) is 7.81. The average molecular weight is 470 g/mol. The van der Waals surface area contributed by atoms with Gasteiger partial charge in [-0.3, -0.25) is 5.01 Å². The number of nitrogens with zero attached hydrogens (tertiary/aromatic N) is 4. The largest absolute Gasteiger partial charge is 0.416 e. The Kier molecular flexibility index (Phi) is 7.76. The molecule has 33 heavy (non-hydrogen) atoms. The number of anilines is 1. The van der Waals surface area contributed by atoms with Crippen LogP contribution in [0, 0.1) is 0 Å².